The maximum atomic E-state index is 12.6. The van der Waals surface area contributed by atoms with Gasteiger partial charge < -0.3 is 0 Å². The van der Waals surface area contributed by atoms with E-state index in [1.54, 1.807) is 0 Å². The number of aryl methyl sites for hydroxylation is 1. The van der Waals surface area contributed by atoms with E-state index in [-0.39, 0.29) is 16.1 Å². The summed E-state index contributed by atoms with van der Waals surface area (Å²) in [5.41, 5.74) is 1.11. The van der Waals surface area contributed by atoms with E-state index in [2.05, 4.69) is 4.98 Å². The highest BCUT2D eigenvalue weighted by atomic mass is 35.5. The highest BCUT2D eigenvalue weighted by Crippen LogP contribution is 2.22. The highest BCUT2D eigenvalue weighted by molar-refractivity contribution is 6.32. The molecule has 0 atom stereocenters. The SMILES string of the molecule is Cc1ccc(-c2c(Cl)[nH]c(=O)n(CC(C)(C)C)c2=O)cc1. The van der Waals surface area contributed by atoms with Crippen LogP contribution in [0.15, 0.2) is 33.9 Å². The van der Waals surface area contributed by atoms with Gasteiger partial charge in [-0.2, -0.15) is 0 Å². The largest absolute Gasteiger partial charge is 0.329 e. The zero-order valence-corrected chi connectivity index (χ0v) is 13.4. The molecule has 0 saturated carbocycles. The molecule has 0 bridgehead atoms. The van der Waals surface area contributed by atoms with E-state index in [1.807, 2.05) is 52.0 Å². The molecule has 0 spiro atoms. The van der Waals surface area contributed by atoms with Gasteiger partial charge in [0.15, 0.2) is 0 Å². The van der Waals surface area contributed by atoms with Gasteiger partial charge in [-0.05, 0) is 17.9 Å². The molecular weight excluding hydrogens is 288 g/mol. The first-order valence-electron chi connectivity index (χ1n) is 6.79. The lowest BCUT2D eigenvalue weighted by Gasteiger charge is -2.19. The molecule has 1 aromatic carbocycles. The first-order valence-corrected chi connectivity index (χ1v) is 7.16. The third kappa shape index (κ3) is 3.45. The van der Waals surface area contributed by atoms with Crippen LogP contribution in [0.4, 0.5) is 0 Å². The summed E-state index contributed by atoms with van der Waals surface area (Å²) >= 11 is 6.08. The Morgan fingerprint density at radius 2 is 1.71 bits per heavy atom. The second-order valence-electron chi connectivity index (χ2n) is 6.44. The molecule has 2 rings (SSSR count). The molecule has 0 amide bonds. The minimum Gasteiger partial charge on any atom is -0.297 e. The van der Waals surface area contributed by atoms with Crippen molar-refractivity contribution in [2.24, 2.45) is 5.41 Å². The summed E-state index contributed by atoms with van der Waals surface area (Å²) in [5.74, 6) is 0. The second kappa shape index (κ2) is 5.53. The Labute approximate surface area is 128 Å². The van der Waals surface area contributed by atoms with Crippen molar-refractivity contribution in [2.45, 2.75) is 34.2 Å². The first kappa shape index (κ1) is 15.6. The Morgan fingerprint density at radius 3 is 2.24 bits per heavy atom. The fourth-order valence-corrected chi connectivity index (χ4v) is 2.40. The number of hydrogen-bond donors (Lipinski definition) is 1. The minimum atomic E-state index is -0.476. The molecule has 2 aromatic rings. The lowest BCUT2D eigenvalue weighted by Crippen LogP contribution is -2.39. The van der Waals surface area contributed by atoms with Crippen molar-refractivity contribution in [1.29, 1.82) is 0 Å². The van der Waals surface area contributed by atoms with Crippen molar-refractivity contribution in [3.63, 3.8) is 0 Å². The summed E-state index contributed by atoms with van der Waals surface area (Å²) in [6.07, 6.45) is 0. The average Bonchev–Trinajstić information content (AvgIpc) is 2.35. The van der Waals surface area contributed by atoms with Crippen LogP contribution in [-0.4, -0.2) is 9.55 Å². The lowest BCUT2D eigenvalue weighted by atomic mass is 9.97. The summed E-state index contributed by atoms with van der Waals surface area (Å²) in [4.78, 5) is 27.2. The van der Waals surface area contributed by atoms with E-state index < -0.39 is 5.69 Å². The number of hydrogen-bond acceptors (Lipinski definition) is 2. The molecule has 112 valence electrons. The zero-order chi connectivity index (χ0) is 15.8. The van der Waals surface area contributed by atoms with Crippen LogP contribution in [0.3, 0.4) is 0 Å². The Hall–Kier alpha value is -1.81. The van der Waals surface area contributed by atoms with Gasteiger partial charge in [-0.3, -0.25) is 14.3 Å². The van der Waals surface area contributed by atoms with Gasteiger partial charge in [-0.1, -0.05) is 62.2 Å². The Kier molecular flexibility index (Phi) is 4.10. The van der Waals surface area contributed by atoms with Gasteiger partial charge in [0.25, 0.3) is 5.56 Å². The molecule has 21 heavy (non-hydrogen) atoms. The fourth-order valence-electron chi connectivity index (χ4n) is 2.13. The van der Waals surface area contributed by atoms with E-state index >= 15 is 0 Å². The van der Waals surface area contributed by atoms with E-state index in [0.717, 1.165) is 5.56 Å². The standard InChI is InChI=1S/C16H19ClN2O2/c1-10-5-7-11(8-6-10)12-13(17)18-15(21)19(14(12)20)9-16(2,3)4/h5-8H,9H2,1-4H3,(H,18,21). The van der Waals surface area contributed by atoms with Gasteiger partial charge in [-0.25, -0.2) is 4.79 Å². The Balaban J connectivity index is 2.67. The molecule has 0 aliphatic rings. The normalized spacial score (nSPS) is 11.7. The van der Waals surface area contributed by atoms with Crippen LogP contribution in [0.1, 0.15) is 26.3 Å². The van der Waals surface area contributed by atoms with Gasteiger partial charge in [0.2, 0.25) is 0 Å². The van der Waals surface area contributed by atoms with Crippen LogP contribution < -0.4 is 11.2 Å². The van der Waals surface area contributed by atoms with Crippen molar-refractivity contribution in [2.75, 3.05) is 0 Å². The van der Waals surface area contributed by atoms with Crippen molar-refractivity contribution in [1.82, 2.24) is 9.55 Å². The molecule has 1 aromatic heterocycles. The average molecular weight is 307 g/mol. The predicted octanol–water partition coefficient (Wildman–Crippen LogP) is 3.21. The van der Waals surface area contributed by atoms with Crippen molar-refractivity contribution < 1.29 is 0 Å². The molecule has 0 radical (unpaired) electrons. The number of benzene rings is 1. The summed E-state index contributed by atoms with van der Waals surface area (Å²) in [7, 11) is 0. The number of nitrogens with zero attached hydrogens (tertiary/aromatic N) is 1. The molecule has 0 aliphatic carbocycles. The first-order chi connectivity index (χ1) is 9.69. The van der Waals surface area contributed by atoms with Crippen LogP contribution in [-0.2, 0) is 6.54 Å². The maximum Gasteiger partial charge on any atom is 0.329 e. The van der Waals surface area contributed by atoms with Crippen LogP contribution in [0.5, 0.6) is 0 Å². The number of aromatic nitrogens is 2. The predicted molar refractivity (Wildman–Crippen MR) is 86.0 cm³/mol. The number of halogens is 1. The summed E-state index contributed by atoms with van der Waals surface area (Å²) < 4.78 is 1.21. The quantitative estimate of drug-likeness (QED) is 0.866. The summed E-state index contributed by atoms with van der Waals surface area (Å²) in [5, 5.41) is 0.0824. The third-order valence-corrected chi connectivity index (χ3v) is 3.40. The number of aromatic amines is 1. The van der Waals surface area contributed by atoms with Gasteiger partial charge in [0.05, 0.1) is 5.56 Å². The smallest absolute Gasteiger partial charge is 0.297 e. The molecule has 5 heteroatoms. The molecule has 0 aliphatic heterocycles. The van der Waals surface area contributed by atoms with Gasteiger partial charge in [0.1, 0.15) is 5.15 Å². The minimum absolute atomic E-state index is 0.0824. The van der Waals surface area contributed by atoms with E-state index in [4.69, 9.17) is 11.6 Å². The molecular formula is C16H19ClN2O2. The van der Waals surface area contributed by atoms with Crippen molar-refractivity contribution in [3.8, 4) is 11.1 Å². The molecule has 4 nitrogen and oxygen atoms in total. The van der Waals surface area contributed by atoms with Crippen LogP contribution >= 0.6 is 11.6 Å². The molecule has 1 heterocycles. The summed E-state index contributed by atoms with van der Waals surface area (Å²) in [6, 6.07) is 7.48. The molecule has 0 fully saturated rings. The lowest BCUT2D eigenvalue weighted by molar-refractivity contribution is 0.331. The van der Waals surface area contributed by atoms with Crippen LogP contribution in [0.25, 0.3) is 11.1 Å². The Morgan fingerprint density at radius 1 is 1.14 bits per heavy atom. The summed E-state index contributed by atoms with van der Waals surface area (Å²) in [6.45, 7) is 8.21. The topological polar surface area (TPSA) is 54.9 Å². The second-order valence-corrected chi connectivity index (χ2v) is 6.82. The van der Waals surface area contributed by atoms with Gasteiger partial charge >= 0.3 is 5.69 Å². The van der Waals surface area contributed by atoms with E-state index in [1.165, 1.54) is 4.57 Å². The molecule has 0 unspecified atom stereocenters. The number of H-pyrrole nitrogens is 1. The molecule has 0 saturated heterocycles. The third-order valence-electron chi connectivity index (χ3n) is 3.11. The van der Waals surface area contributed by atoms with Crippen LogP contribution in [0, 0.1) is 12.3 Å². The van der Waals surface area contributed by atoms with E-state index in [9.17, 15) is 9.59 Å². The monoisotopic (exact) mass is 306 g/mol. The highest BCUT2D eigenvalue weighted by Gasteiger charge is 2.19. The zero-order valence-electron chi connectivity index (χ0n) is 12.7. The molecule has 1 N–H and O–H groups in total. The Bertz CT molecular complexity index is 765. The van der Waals surface area contributed by atoms with Crippen LogP contribution in [0.2, 0.25) is 5.15 Å². The van der Waals surface area contributed by atoms with Crippen molar-refractivity contribution >= 4 is 11.6 Å². The van der Waals surface area contributed by atoms with Gasteiger partial charge in [0, 0.05) is 6.54 Å². The van der Waals surface area contributed by atoms with E-state index in [0.29, 0.717) is 17.7 Å². The van der Waals surface area contributed by atoms with Gasteiger partial charge in [-0.15, -0.1) is 0 Å². The fraction of sp³-hybridized carbons (Fsp3) is 0.375. The number of nitrogens with one attached hydrogen (secondary N) is 1. The number of rotatable bonds is 2. The van der Waals surface area contributed by atoms with Crippen molar-refractivity contribution in [3.05, 3.63) is 55.8 Å². The maximum absolute atomic E-state index is 12.6.